The van der Waals surface area contributed by atoms with E-state index in [1.165, 1.54) is 0 Å². The minimum atomic E-state index is -0.366. The van der Waals surface area contributed by atoms with Gasteiger partial charge in [-0.3, -0.25) is 0 Å². The van der Waals surface area contributed by atoms with Crippen molar-refractivity contribution in [1.29, 1.82) is 0 Å². The third-order valence-electron chi connectivity index (χ3n) is 2.27. The molecule has 0 aliphatic carbocycles. The van der Waals surface area contributed by atoms with Gasteiger partial charge in [0.15, 0.2) is 0 Å². The highest BCUT2D eigenvalue weighted by Crippen LogP contribution is 2.12. The van der Waals surface area contributed by atoms with Crippen molar-refractivity contribution in [3.63, 3.8) is 0 Å². The Balaban J connectivity index is 2.29. The predicted molar refractivity (Wildman–Crippen MR) is 56.2 cm³/mol. The van der Waals surface area contributed by atoms with Gasteiger partial charge in [-0.15, -0.1) is 0 Å². The van der Waals surface area contributed by atoms with Gasteiger partial charge in [-0.2, -0.15) is 0 Å². The van der Waals surface area contributed by atoms with Crippen molar-refractivity contribution < 1.29 is 9.84 Å². The number of methoxy groups -OCH3 is 1. The van der Waals surface area contributed by atoms with Crippen molar-refractivity contribution in [3.05, 3.63) is 24.0 Å². The van der Waals surface area contributed by atoms with Crippen LogP contribution in [0.1, 0.15) is 31.4 Å². The van der Waals surface area contributed by atoms with Crippen LogP contribution in [0.3, 0.4) is 0 Å². The highest BCUT2D eigenvalue weighted by molar-refractivity contribution is 5.12. The molecule has 0 saturated heterocycles. The van der Waals surface area contributed by atoms with Crippen molar-refractivity contribution in [3.8, 4) is 0 Å². The maximum atomic E-state index is 9.31. The molecule has 1 aromatic rings. The number of rotatable bonds is 6. The van der Waals surface area contributed by atoms with E-state index in [0.29, 0.717) is 0 Å². The minimum absolute atomic E-state index is 0.366. The smallest absolute Gasteiger partial charge is 0.0776 e. The summed E-state index contributed by atoms with van der Waals surface area (Å²) in [7, 11) is 1.72. The average molecular weight is 197 g/mol. The third kappa shape index (κ3) is 3.52. The van der Waals surface area contributed by atoms with Gasteiger partial charge in [0.25, 0.3) is 0 Å². The number of aromatic nitrogens is 1. The van der Waals surface area contributed by atoms with Gasteiger partial charge in [-0.1, -0.05) is 0 Å². The van der Waals surface area contributed by atoms with Gasteiger partial charge in [0.05, 0.1) is 6.10 Å². The molecule has 1 heterocycles. The maximum absolute atomic E-state index is 9.31. The molecule has 3 nitrogen and oxygen atoms in total. The Labute approximate surface area is 85.3 Å². The topological polar surface area (TPSA) is 34.4 Å². The zero-order valence-corrected chi connectivity index (χ0v) is 8.94. The zero-order chi connectivity index (χ0) is 10.4. The highest BCUT2D eigenvalue weighted by atomic mass is 16.5. The fourth-order valence-corrected chi connectivity index (χ4v) is 1.39. The molecule has 1 atom stereocenters. The van der Waals surface area contributed by atoms with Gasteiger partial charge in [0, 0.05) is 32.7 Å². The molecule has 1 rings (SSSR count). The molecule has 0 radical (unpaired) electrons. The summed E-state index contributed by atoms with van der Waals surface area (Å²) >= 11 is 0. The van der Waals surface area contributed by atoms with E-state index < -0.39 is 0 Å². The number of ether oxygens (including phenoxy) is 1. The van der Waals surface area contributed by atoms with Crippen molar-refractivity contribution in [2.45, 2.75) is 32.4 Å². The van der Waals surface area contributed by atoms with Crippen molar-refractivity contribution in [2.24, 2.45) is 0 Å². The lowest BCUT2D eigenvalue weighted by Gasteiger charge is -2.03. The first-order valence-electron chi connectivity index (χ1n) is 5.06. The van der Waals surface area contributed by atoms with Gasteiger partial charge < -0.3 is 14.4 Å². The fourth-order valence-electron chi connectivity index (χ4n) is 1.39. The van der Waals surface area contributed by atoms with E-state index in [0.717, 1.165) is 31.6 Å². The normalized spacial score (nSPS) is 13.1. The molecule has 1 unspecified atom stereocenters. The Morgan fingerprint density at radius 2 is 2.29 bits per heavy atom. The first-order chi connectivity index (χ1) is 6.74. The summed E-state index contributed by atoms with van der Waals surface area (Å²) in [6.07, 6.45) is 5.84. The Hall–Kier alpha value is -0.800. The van der Waals surface area contributed by atoms with E-state index in [4.69, 9.17) is 4.74 Å². The fraction of sp³-hybridized carbons (Fsp3) is 0.636. The average Bonchev–Trinajstić information content (AvgIpc) is 2.61. The minimum Gasteiger partial charge on any atom is -0.389 e. The second kappa shape index (κ2) is 5.83. The van der Waals surface area contributed by atoms with Crippen LogP contribution in [-0.4, -0.2) is 23.4 Å². The Bertz CT molecular complexity index is 256. The lowest BCUT2D eigenvalue weighted by atomic mass is 10.2. The van der Waals surface area contributed by atoms with Gasteiger partial charge >= 0.3 is 0 Å². The Kier molecular flexibility index (Phi) is 4.70. The predicted octanol–water partition coefficient (Wildman–Crippen LogP) is 1.97. The third-order valence-corrected chi connectivity index (χ3v) is 2.27. The van der Waals surface area contributed by atoms with Crippen LogP contribution in [0.4, 0.5) is 0 Å². The summed E-state index contributed by atoms with van der Waals surface area (Å²) in [5.41, 5.74) is 0.983. The molecule has 0 aromatic carbocycles. The maximum Gasteiger partial charge on any atom is 0.0776 e. The zero-order valence-electron chi connectivity index (χ0n) is 8.94. The molecule has 0 aliphatic heterocycles. The van der Waals surface area contributed by atoms with E-state index in [9.17, 15) is 5.11 Å². The lowest BCUT2D eigenvalue weighted by Crippen LogP contribution is -1.97. The SMILES string of the molecule is COCCCCn1ccc(C(C)O)c1. The second-order valence-electron chi connectivity index (χ2n) is 3.56. The first-order valence-corrected chi connectivity index (χ1v) is 5.06. The molecule has 0 spiro atoms. The molecule has 0 fully saturated rings. The first kappa shape index (κ1) is 11.3. The number of hydrogen-bond donors (Lipinski definition) is 1. The number of unbranched alkanes of at least 4 members (excludes halogenated alkanes) is 1. The number of aliphatic hydroxyl groups is 1. The molecular weight excluding hydrogens is 178 g/mol. The molecule has 1 N–H and O–H groups in total. The summed E-state index contributed by atoms with van der Waals surface area (Å²) in [5.74, 6) is 0. The van der Waals surface area contributed by atoms with Gasteiger partial charge in [0.2, 0.25) is 0 Å². The lowest BCUT2D eigenvalue weighted by molar-refractivity contribution is 0.191. The Morgan fingerprint density at radius 1 is 1.50 bits per heavy atom. The number of aliphatic hydroxyl groups excluding tert-OH is 1. The van der Waals surface area contributed by atoms with Crippen molar-refractivity contribution >= 4 is 0 Å². The molecule has 14 heavy (non-hydrogen) atoms. The van der Waals surface area contributed by atoms with Crippen LogP contribution < -0.4 is 0 Å². The highest BCUT2D eigenvalue weighted by Gasteiger charge is 2.01. The van der Waals surface area contributed by atoms with Crippen molar-refractivity contribution in [2.75, 3.05) is 13.7 Å². The number of aryl methyl sites for hydroxylation is 1. The van der Waals surface area contributed by atoms with Crippen LogP contribution >= 0.6 is 0 Å². The van der Waals surface area contributed by atoms with E-state index >= 15 is 0 Å². The summed E-state index contributed by atoms with van der Waals surface area (Å²) in [4.78, 5) is 0. The largest absolute Gasteiger partial charge is 0.389 e. The number of nitrogens with zero attached hydrogens (tertiary/aromatic N) is 1. The van der Waals surface area contributed by atoms with Crippen LogP contribution in [0.5, 0.6) is 0 Å². The molecule has 1 aromatic heterocycles. The number of hydrogen-bond acceptors (Lipinski definition) is 2. The van der Waals surface area contributed by atoms with E-state index in [1.807, 2.05) is 18.5 Å². The summed E-state index contributed by atoms with van der Waals surface area (Å²) in [5, 5.41) is 9.31. The molecule has 0 amide bonds. The molecular formula is C11H19NO2. The molecule has 0 aliphatic rings. The van der Waals surface area contributed by atoms with E-state index in [1.54, 1.807) is 14.0 Å². The Morgan fingerprint density at radius 3 is 2.86 bits per heavy atom. The molecule has 0 saturated carbocycles. The van der Waals surface area contributed by atoms with Crippen LogP contribution in [0.15, 0.2) is 18.5 Å². The van der Waals surface area contributed by atoms with Crippen LogP contribution in [-0.2, 0) is 11.3 Å². The van der Waals surface area contributed by atoms with E-state index in [2.05, 4.69) is 4.57 Å². The molecule has 0 bridgehead atoms. The van der Waals surface area contributed by atoms with Crippen molar-refractivity contribution in [1.82, 2.24) is 4.57 Å². The second-order valence-corrected chi connectivity index (χ2v) is 3.56. The summed E-state index contributed by atoms with van der Waals surface area (Å²) < 4.78 is 7.08. The quantitative estimate of drug-likeness (QED) is 0.707. The monoisotopic (exact) mass is 197 g/mol. The van der Waals surface area contributed by atoms with Crippen LogP contribution in [0, 0.1) is 0 Å². The summed E-state index contributed by atoms with van der Waals surface area (Å²) in [6.45, 7) is 3.60. The molecule has 80 valence electrons. The summed E-state index contributed by atoms with van der Waals surface area (Å²) in [6, 6.07) is 1.96. The molecule has 3 heteroatoms. The standard InChI is InChI=1S/C11H19NO2/c1-10(13)11-5-7-12(9-11)6-3-4-8-14-2/h5,7,9-10,13H,3-4,6,8H2,1-2H3. The van der Waals surface area contributed by atoms with Gasteiger partial charge in [0.1, 0.15) is 0 Å². The van der Waals surface area contributed by atoms with Crippen LogP contribution in [0.25, 0.3) is 0 Å². The van der Waals surface area contributed by atoms with E-state index in [-0.39, 0.29) is 6.10 Å². The van der Waals surface area contributed by atoms with Crippen LogP contribution in [0.2, 0.25) is 0 Å². The van der Waals surface area contributed by atoms with Gasteiger partial charge in [-0.05, 0) is 31.4 Å². The van der Waals surface area contributed by atoms with Gasteiger partial charge in [-0.25, -0.2) is 0 Å².